The first-order valence-corrected chi connectivity index (χ1v) is 9.93. The number of ether oxygens (including phenoxy) is 1. The van der Waals surface area contributed by atoms with E-state index in [1.54, 1.807) is 7.11 Å². The van der Waals surface area contributed by atoms with Gasteiger partial charge in [0.25, 0.3) is 0 Å². The number of rotatable bonds is 7. The molecular formula is C21H31N5O2. The molecule has 0 aliphatic carbocycles. The molecule has 1 fully saturated rings. The smallest absolute Gasteiger partial charge is 0.216 e. The molecule has 7 nitrogen and oxygen atoms in total. The van der Waals surface area contributed by atoms with Crippen LogP contribution in [0.5, 0.6) is 5.75 Å². The van der Waals surface area contributed by atoms with E-state index in [4.69, 9.17) is 9.15 Å². The van der Waals surface area contributed by atoms with Crippen molar-refractivity contribution >= 4 is 11.6 Å². The Balaban J connectivity index is 1.54. The largest absolute Gasteiger partial charge is 0.495 e. The van der Waals surface area contributed by atoms with Crippen molar-refractivity contribution < 1.29 is 9.15 Å². The Kier molecular flexibility index (Phi) is 6.79. The normalized spacial score (nSPS) is 17.1. The van der Waals surface area contributed by atoms with Gasteiger partial charge in [0.1, 0.15) is 18.1 Å². The van der Waals surface area contributed by atoms with Crippen LogP contribution < -0.4 is 20.3 Å². The van der Waals surface area contributed by atoms with Gasteiger partial charge in [0.05, 0.1) is 18.5 Å². The SMILES string of the molecule is CCNC(=NCc1nc(C)c(C)o1)NCC1CCN(c2ccccc2OC)C1. The first-order chi connectivity index (χ1) is 13.6. The van der Waals surface area contributed by atoms with Gasteiger partial charge in [0.15, 0.2) is 5.96 Å². The van der Waals surface area contributed by atoms with Crippen molar-refractivity contribution in [2.24, 2.45) is 10.9 Å². The zero-order valence-corrected chi connectivity index (χ0v) is 17.3. The van der Waals surface area contributed by atoms with Gasteiger partial charge in [0, 0.05) is 26.2 Å². The lowest BCUT2D eigenvalue weighted by Crippen LogP contribution is -2.40. The van der Waals surface area contributed by atoms with Gasteiger partial charge in [-0.2, -0.15) is 0 Å². The molecule has 0 bridgehead atoms. The van der Waals surface area contributed by atoms with Gasteiger partial charge in [-0.1, -0.05) is 12.1 Å². The molecule has 152 valence electrons. The van der Waals surface area contributed by atoms with Crippen molar-refractivity contribution in [1.29, 1.82) is 0 Å². The second-order valence-corrected chi connectivity index (χ2v) is 7.10. The third-order valence-electron chi connectivity index (χ3n) is 5.06. The average Bonchev–Trinajstić information content (AvgIpc) is 3.30. The Morgan fingerprint density at radius 3 is 2.86 bits per heavy atom. The van der Waals surface area contributed by atoms with Crippen molar-refractivity contribution in [2.45, 2.75) is 33.7 Å². The Morgan fingerprint density at radius 1 is 1.32 bits per heavy atom. The van der Waals surface area contributed by atoms with E-state index in [0.717, 1.165) is 55.8 Å². The van der Waals surface area contributed by atoms with Crippen LogP contribution in [0.25, 0.3) is 0 Å². The molecule has 28 heavy (non-hydrogen) atoms. The molecule has 1 atom stereocenters. The maximum absolute atomic E-state index is 5.61. The minimum absolute atomic E-state index is 0.433. The van der Waals surface area contributed by atoms with Crippen molar-refractivity contribution in [1.82, 2.24) is 15.6 Å². The van der Waals surface area contributed by atoms with Crippen LogP contribution in [0.1, 0.15) is 30.7 Å². The predicted octanol–water partition coefficient (Wildman–Crippen LogP) is 2.88. The van der Waals surface area contributed by atoms with Crippen LogP contribution in [0.3, 0.4) is 0 Å². The number of hydrogen-bond donors (Lipinski definition) is 2. The number of nitrogens with one attached hydrogen (secondary N) is 2. The van der Waals surface area contributed by atoms with Crippen LogP contribution >= 0.6 is 0 Å². The van der Waals surface area contributed by atoms with Crippen molar-refractivity contribution in [3.05, 3.63) is 41.6 Å². The molecule has 0 radical (unpaired) electrons. The maximum Gasteiger partial charge on any atom is 0.216 e. The second-order valence-electron chi connectivity index (χ2n) is 7.10. The number of aromatic nitrogens is 1. The summed E-state index contributed by atoms with van der Waals surface area (Å²) in [4.78, 5) is 11.4. The molecule has 1 aliphatic rings. The summed E-state index contributed by atoms with van der Waals surface area (Å²) in [6.45, 7) is 10.1. The zero-order chi connectivity index (χ0) is 19.9. The Hall–Kier alpha value is -2.70. The summed E-state index contributed by atoms with van der Waals surface area (Å²) in [5, 5.41) is 6.76. The zero-order valence-electron chi connectivity index (χ0n) is 17.3. The van der Waals surface area contributed by atoms with Gasteiger partial charge >= 0.3 is 0 Å². The van der Waals surface area contributed by atoms with Gasteiger partial charge in [-0.15, -0.1) is 0 Å². The molecule has 2 N–H and O–H groups in total. The van der Waals surface area contributed by atoms with E-state index in [2.05, 4.69) is 44.6 Å². The van der Waals surface area contributed by atoms with Gasteiger partial charge in [-0.3, -0.25) is 0 Å². The summed E-state index contributed by atoms with van der Waals surface area (Å²) in [7, 11) is 1.73. The van der Waals surface area contributed by atoms with Crippen LogP contribution in [0, 0.1) is 19.8 Å². The van der Waals surface area contributed by atoms with E-state index in [9.17, 15) is 0 Å². The number of aryl methyl sites for hydroxylation is 2. The van der Waals surface area contributed by atoms with Crippen LogP contribution in [0.15, 0.2) is 33.7 Å². The summed E-state index contributed by atoms with van der Waals surface area (Å²) in [5.41, 5.74) is 2.09. The van der Waals surface area contributed by atoms with E-state index in [0.29, 0.717) is 18.4 Å². The molecule has 7 heteroatoms. The molecule has 0 spiro atoms. The van der Waals surface area contributed by atoms with Gasteiger partial charge in [-0.25, -0.2) is 9.98 Å². The van der Waals surface area contributed by atoms with Crippen LogP contribution in [0.2, 0.25) is 0 Å². The van der Waals surface area contributed by atoms with Crippen LogP contribution in [-0.4, -0.2) is 44.2 Å². The number of oxazole rings is 1. The third-order valence-corrected chi connectivity index (χ3v) is 5.06. The fraction of sp³-hybridized carbons (Fsp3) is 0.524. The summed E-state index contributed by atoms with van der Waals surface area (Å²) in [6.07, 6.45) is 1.14. The van der Waals surface area contributed by atoms with Crippen LogP contribution in [-0.2, 0) is 6.54 Å². The molecular weight excluding hydrogens is 354 g/mol. The lowest BCUT2D eigenvalue weighted by atomic mass is 10.1. The highest BCUT2D eigenvalue weighted by molar-refractivity contribution is 5.79. The standard InChI is InChI=1S/C21H31N5O2/c1-5-22-21(24-13-20-25-15(2)16(3)28-20)23-12-17-10-11-26(14-17)18-8-6-7-9-19(18)27-4/h6-9,17H,5,10-14H2,1-4H3,(H2,22,23,24). The Labute approximate surface area is 167 Å². The first-order valence-electron chi connectivity index (χ1n) is 9.93. The van der Waals surface area contributed by atoms with Gasteiger partial charge < -0.3 is 24.7 Å². The van der Waals surface area contributed by atoms with Gasteiger partial charge in [0.2, 0.25) is 5.89 Å². The van der Waals surface area contributed by atoms with Gasteiger partial charge in [-0.05, 0) is 45.2 Å². The molecule has 1 saturated heterocycles. The van der Waals surface area contributed by atoms with Crippen LogP contribution in [0.4, 0.5) is 5.69 Å². The monoisotopic (exact) mass is 385 g/mol. The highest BCUT2D eigenvalue weighted by Gasteiger charge is 2.24. The number of nitrogens with zero attached hydrogens (tertiary/aromatic N) is 3. The summed E-state index contributed by atoms with van der Waals surface area (Å²) < 4.78 is 11.1. The van der Waals surface area contributed by atoms with E-state index in [1.807, 2.05) is 26.0 Å². The highest BCUT2D eigenvalue weighted by Crippen LogP contribution is 2.31. The second kappa shape index (κ2) is 9.48. The molecule has 1 aromatic heterocycles. The minimum Gasteiger partial charge on any atom is -0.495 e. The molecule has 1 aliphatic heterocycles. The molecule has 1 unspecified atom stereocenters. The maximum atomic E-state index is 5.61. The molecule has 2 heterocycles. The lowest BCUT2D eigenvalue weighted by Gasteiger charge is -2.21. The fourth-order valence-corrected chi connectivity index (χ4v) is 3.45. The number of anilines is 1. The topological polar surface area (TPSA) is 74.9 Å². The molecule has 1 aromatic carbocycles. The number of aliphatic imine (C=N–C) groups is 1. The summed E-state index contributed by atoms with van der Waals surface area (Å²) in [5.74, 6) is 3.79. The number of methoxy groups -OCH3 is 1. The minimum atomic E-state index is 0.433. The highest BCUT2D eigenvalue weighted by atomic mass is 16.5. The Morgan fingerprint density at radius 2 is 2.14 bits per heavy atom. The first kappa shape index (κ1) is 20.0. The Bertz CT molecular complexity index is 782. The number of hydrogen-bond acceptors (Lipinski definition) is 5. The van der Waals surface area contributed by atoms with Crippen molar-refractivity contribution in [3.8, 4) is 5.75 Å². The fourth-order valence-electron chi connectivity index (χ4n) is 3.45. The number of para-hydroxylation sites is 2. The number of benzene rings is 1. The molecule has 0 amide bonds. The third kappa shape index (κ3) is 4.97. The van der Waals surface area contributed by atoms with E-state index in [1.165, 1.54) is 5.69 Å². The quantitative estimate of drug-likeness (QED) is 0.564. The summed E-state index contributed by atoms with van der Waals surface area (Å²) in [6, 6.07) is 8.21. The van der Waals surface area contributed by atoms with E-state index in [-0.39, 0.29) is 0 Å². The van der Waals surface area contributed by atoms with Crippen molar-refractivity contribution in [3.63, 3.8) is 0 Å². The molecule has 2 aromatic rings. The summed E-state index contributed by atoms with van der Waals surface area (Å²) >= 11 is 0. The molecule has 0 saturated carbocycles. The van der Waals surface area contributed by atoms with Crippen molar-refractivity contribution in [2.75, 3.05) is 38.2 Å². The van der Waals surface area contributed by atoms with E-state index < -0.39 is 0 Å². The van der Waals surface area contributed by atoms with E-state index >= 15 is 0 Å². The average molecular weight is 386 g/mol. The number of guanidine groups is 1. The predicted molar refractivity (Wildman–Crippen MR) is 112 cm³/mol. The lowest BCUT2D eigenvalue weighted by molar-refractivity contribution is 0.414. The molecule has 3 rings (SSSR count).